The molecule has 0 aromatic carbocycles. The molecule has 0 amide bonds. The summed E-state index contributed by atoms with van der Waals surface area (Å²) in [5.74, 6) is 0.628. The maximum absolute atomic E-state index is 10.1. The van der Waals surface area contributed by atoms with Crippen molar-refractivity contribution in [1.29, 1.82) is 0 Å². The third kappa shape index (κ3) is 3.00. The molecule has 1 aromatic heterocycles. The predicted molar refractivity (Wildman–Crippen MR) is 38.4 cm³/mol. The molecule has 0 fully saturated rings. The molecule has 0 aliphatic heterocycles. The van der Waals surface area contributed by atoms with Gasteiger partial charge in [-0.2, -0.15) is 0 Å². The average molecular weight is 190 g/mol. The van der Waals surface area contributed by atoms with Crippen molar-refractivity contribution in [2.24, 2.45) is 0 Å². The summed E-state index contributed by atoms with van der Waals surface area (Å²) in [6.45, 7) is 1.49. The van der Waals surface area contributed by atoms with E-state index >= 15 is 0 Å². The van der Waals surface area contributed by atoms with E-state index < -0.39 is 8.25 Å². The summed E-state index contributed by atoms with van der Waals surface area (Å²) < 4.78 is 14.5. The van der Waals surface area contributed by atoms with Gasteiger partial charge in [-0.3, -0.25) is 4.57 Å². The Morgan fingerprint density at radius 1 is 1.42 bits per heavy atom. The zero-order chi connectivity index (χ0) is 8.97. The van der Waals surface area contributed by atoms with Gasteiger partial charge in [-0.1, -0.05) is 0 Å². The van der Waals surface area contributed by atoms with Crippen molar-refractivity contribution in [3.05, 3.63) is 11.6 Å². The Morgan fingerprint density at radius 2 is 2.00 bits per heavy atom. The molecule has 0 aliphatic rings. The smallest absolute Gasteiger partial charge is 0.317 e. The van der Waals surface area contributed by atoms with E-state index in [4.69, 9.17) is 4.89 Å². The molecule has 0 aliphatic carbocycles. The predicted octanol–water partition coefficient (Wildman–Crippen LogP) is -0.526. The summed E-state index contributed by atoms with van der Waals surface area (Å²) in [5.41, 5.74) is 0. The van der Waals surface area contributed by atoms with Crippen LogP contribution in [0.3, 0.4) is 0 Å². The zero-order valence-electron chi connectivity index (χ0n) is 6.26. The summed E-state index contributed by atoms with van der Waals surface area (Å²) in [6, 6.07) is 0. The van der Waals surface area contributed by atoms with E-state index in [1.165, 1.54) is 0 Å². The Morgan fingerprint density at radius 3 is 2.50 bits per heavy atom. The van der Waals surface area contributed by atoms with Gasteiger partial charge in [-0.25, -0.2) is 0 Å². The minimum atomic E-state index is -2.93. The Kier molecular flexibility index (Phi) is 3.21. The van der Waals surface area contributed by atoms with Gasteiger partial charge in [0, 0.05) is 0 Å². The van der Waals surface area contributed by atoms with Gasteiger partial charge in [0.2, 0.25) is 0 Å². The fourth-order valence-corrected chi connectivity index (χ4v) is 0.737. The van der Waals surface area contributed by atoms with E-state index in [9.17, 15) is 4.57 Å². The summed E-state index contributed by atoms with van der Waals surface area (Å²) in [5, 5.41) is 14.3. The SMILES string of the molecule is Cc1nnc(CO[PH](=O)O)nn1. The first-order valence-electron chi connectivity index (χ1n) is 3.07. The molecule has 1 N–H and O–H groups in total. The fraction of sp³-hybridized carbons (Fsp3) is 0.500. The third-order valence-electron chi connectivity index (χ3n) is 0.945. The molecule has 1 aromatic rings. The van der Waals surface area contributed by atoms with Gasteiger partial charge in [0.15, 0.2) is 11.6 Å². The van der Waals surface area contributed by atoms with Gasteiger partial charge in [0.1, 0.15) is 6.61 Å². The molecule has 1 rings (SSSR count). The van der Waals surface area contributed by atoms with E-state index in [0.717, 1.165) is 0 Å². The highest BCUT2D eigenvalue weighted by Gasteiger charge is 1.99. The minimum Gasteiger partial charge on any atom is -0.326 e. The van der Waals surface area contributed by atoms with Gasteiger partial charge in [-0.15, -0.1) is 20.4 Å². The molecule has 0 radical (unpaired) electrons. The topological polar surface area (TPSA) is 98.1 Å². The van der Waals surface area contributed by atoms with Crippen LogP contribution in [-0.4, -0.2) is 25.3 Å². The van der Waals surface area contributed by atoms with Crippen molar-refractivity contribution in [1.82, 2.24) is 20.4 Å². The van der Waals surface area contributed by atoms with Crippen LogP contribution in [-0.2, 0) is 15.7 Å². The highest BCUT2D eigenvalue weighted by Crippen LogP contribution is 2.15. The maximum Gasteiger partial charge on any atom is 0.317 e. The lowest BCUT2D eigenvalue weighted by atomic mass is 10.7. The summed E-state index contributed by atoms with van der Waals surface area (Å²) >= 11 is 0. The first-order chi connectivity index (χ1) is 5.68. The average Bonchev–Trinajstić information content (AvgIpc) is 2.03. The molecule has 0 saturated heterocycles. The van der Waals surface area contributed by atoms with Crippen LogP contribution in [0.15, 0.2) is 0 Å². The van der Waals surface area contributed by atoms with E-state index in [1.54, 1.807) is 6.92 Å². The Balaban J connectivity index is 2.53. The van der Waals surface area contributed by atoms with Crippen LogP contribution in [0, 0.1) is 6.92 Å². The molecule has 12 heavy (non-hydrogen) atoms. The van der Waals surface area contributed by atoms with Crippen LogP contribution in [0.5, 0.6) is 0 Å². The lowest BCUT2D eigenvalue weighted by Gasteiger charge is -1.96. The van der Waals surface area contributed by atoms with Crippen LogP contribution < -0.4 is 0 Å². The van der Waals surface area contributed by atoms with Gasteiger partial charge in [0.25, 0.3) is 0 Å². The van der Waals surface area contributed by atoms with Crippen LogP contribution >= 0.6 is 8.25 Å². The van der Waals surface area contributed by atoms with Crippen molar-refractivity contribution >= 4 is 8.25 Å². The second-order valence-corrected chi connectivity index (χ2v) is 2.74. The van der Waals surface area contributed by atoms with Gasteiger partial charge in [0.05, 0.1) is 0 Å². The standard InChI is InChI=1S/C4H7N4O3P/c1-3-5-7-4(8-6-3)2-11-12(9)10/h12H,2H2,1H3,(H,9,10). The van der Waals surface area contributed by atoms with Crippen molar-refractivity contribution in [3.63, 3.8) is 0 Å². The number of aryl methyl sites for hydroxylation is 1. The summed E-state index contributed by atoms with van der Waals surface area (Å²) in [4.78, 5) is 8.30. The number of rotatable bonds is 3. The molecule has 1 heterocycles. The monoisotopic (exact) mass is 190 g/mol. The second kappa shape index (κ2) is 4.20. The molecule has 1 unspecified atom stereocenters. The quantitative estimate of drug-likeness (QED) is 0.639. The van der Waals surface area contributed by atoms with Crippen LogP contribution in [0.4, 0.5) is 0 Å². The first-order valence-corrected chi connectivity index (χ1v) is 4.33. The normalized spacial score (nSPS) is 12.8. The minimum absolute atomic E-state index is 0.144. The summed E-state index contributed by atoms with van der Waals surface area (Å²) in [6.07, 6.45) is 0. The van der Waals surface area contributed by atoms with Gasteiger partial charge in [-0.05, 0) is 6.92 Å². The molecule has 1 atom stereocenters. The van der Waals surface area contributed by atoms with Crippen LogP contribution in [0.2, 0.25) is 0 Å². The Labute approximate surface area is 68.8 Å². The molecule has 0 spiro atoms. The van der Waals surface area contributed by atoms with E-state index in [-0.39, 0.29) is 12.4 Å². The van der Waals surface area contributed by atoms with Crippen molar-refractivity contribution in [3.8, 4) is 0 Å². The largest absolute Gasteiger partial charge is 0.326 e. The molecular weight excluding hydrogens is 183 g/mol. The zero-order valence-corrected chi connectivity index (χ0v) is 7.26. The number of nitrogens with zero attached hydrogens (tertiary/aromatic N) is 4. The molecule has 7 nitrogen and oxygen atoms in total. The Bertz CT molecular complexity index is 276. The molecular formula is C4H7N4O3P. The third-order valence-corrected chi connectivity index (χ3v) is 1.34. The molecule has 0 saturated carbocycles. The maximum atomic E-state index is 10.1. The van der Waals surface area contributed by atoms with Crippen molar-refractivity contribution in [2.45, 2.75) is 13.5 Å². The van der Waals surface area contributed by atoms with E-state index in [2.05, 4.69) is 24.9 Å². The van der Waals surface area contributed by atoms with E-state index in [1.807, 2.05) is 0 Å². The highest BCUT2D eigenvalue weighted by molar-refractivity contribution is 7.32. The number of hydrogen-bond donors (Lipinski definition) is 1. The van der Waals surface area contributed by atoms with Crippen molar-refractivity contribution in [2.75, 3.05) is 0 Å². The van der Waals surface area contributed by atoms with E-state index in [0.29, 0.717) is 5.82 Å². The second-order valence-electron chi connectivity index (χ2n) is 1.92. The molecule has 0 bridgehead atoms. The fourth-order valence-electron chi connectivity index (χ4n) is 0.484. The van der Waals surface area contributed by atoms with Crippen LogP contribution in [0.1, 0.15) is 11.6 Å². The van der Waals surface area contributed by atoms with Gasteiger partial charge >= 0.3 is 8.25 Å². The molecule has 66 valence electrons. The highest BCUT2D eigenvalue weighted by atomic mass is 31.1. The van der Waals surface area contributed by atoms with Crippen molar-refractivity contribution < 1.29 is 14.0 Å². The van der Waals surface area contributed by atoms with Crippen LogP contribution in [0.25, 0.3) is 0 Å². The van der Waals surface area contributed by atoms with Gasteiger partial charge < -0.3 is 9.42 Å². The number of hydrogen-bond acceptors (Lipinski definition) is 6. The number of aromatic nitrogens is 4. The lowest BCUT2D eigenvalue weighted by molar-refractivity contribution is 0.262. The molecule has 8 heteroatoms. The summed E-state index contributed by atoms with van der Waals surface area (Å²) in [7, 11) is -2.93. The lowest BCUT2D eigenvalue weighted by Crippen LogP contribution is -2.02. The first kappa shape index (κ1) is 9.18. The Hall–Kier alpha value is -0.910.